The fraction of sp³-hybridized carbons (Fsp3) is 0.214. The van der Waals surface area contributed by atoms with Crippen molar-refractivity contribution in [3.63, 3.8) is 0 Å². The molecule has 0 aliphatic rings. The van der Waals surface area contributed by atoms with Crippen LogP contribution < -0.4 is 4.74 Å². The Labute approximate surface area is 135 Å². The molecular weight excluding hydrogens is 328 g/mol. The average molecular weight is 340 g/mol. The van der Waals surface area contributed by atoms with E-state index in [-0.39, 0.29) is 17.2 Å². The van der Waals surface area contributed by atoms with Gasteiger partial charge in [0.05, 0.1) is 18.1 Å². The van der Waals surface area contributed by atoms with Crippen molar-refractivity contribution in [1.29, 1.82) is 0 Å². The number of H-pyrrole nitrogens is 1. The van der Waals surface area contributed by atoms with Gasteiger partial charge in [-0.05, 0) is 25.1 Å². The van der Waals surface area contributed by atoms with Crippen LogP contribution in [0.5, 0.6) is 6.01 Å². The van der Waals surface area contributed by atoms with Crippen LogP contribution in [0.25, 0.3) is 5.69 Å². The lowest BCUT2D eigenvalue weighted by Gasteiger charge is -2.06. The number of aromatic amines is 1. The van der Waals surface area contributed by atoms with Crippen LogP contribution in [-0.2, 0) is 6.61 Å². The SMILES string of the molecule is Cc1cnc(OCc2cn(-c3ccc(Cl)c(C(F)F)c3)nn2)[nH]1. The second kappa shape index (κ2) is 6.33. The van der Waals surface area contributed by atoms with Gasteiger partial charge in [0.2, 0.25) is 0 Å². The Morgan fingerprint density at radius 1 is 1.39 bits per heavy atom. The number of benzene rings is 1. The molecule has 0 bridgehead atoms. The molecule has 9 heteroatoms. The molecule has 0 amide bonds. The highest BCUT2D eigenvalue weighted by atomic mass is 35.5. The van der Waals surface area contributed by atoms with Crippen LogP contribution in [0.4, 0.5) is 8.78 Å². The molecule has 0 atom stereocenters. The van der Waals surface area contributed by atoms with Gasteiger partial charge in [-0.25, -0.2) is 18.4 Å². The van der Waals surface area contributed by atoms with Crippen LogP contribution in [0.2, 0.25) is 5.02 Å². The van der Waals surface area contributed by atoms with Crippen molar-refractivity contribution in [2.24, 2.45) is 0 Å². The third-order valence-electron chi connectivity index (χ3n) is 3.06. The standard InChI is InChI=1S/C14H12ClF2N5O/c1-8-5-18-14(19-8)23-7-9-6-22(21-20-9)10-2-3-12(15)11(4-10)13(16)17/h2-6,13H,7H2,1H3,(H,18,19). The third kappa shape index (κ3) is 3.48. The number of aromatic nitrogens is 5. The van der Waals surface area contributed by atoms with Crippen molar-refractivity contribution in [3.05, 3.63) is 52.6 Å². The summed E-state index contributed by atoms with van der Waals surface area (Å²) in [5.41, 5.74) is 1.61. The lowest BCUT2D eigenvalue weighted by molar-refractivity contribution is 0.151. The van der Waals surface area contributed by atoms with E-state index in [1.54, 1.807) is 18.5 Å². The average Bonchev–Trinajstić information content (AvgIpc) is 3.14. The summed E-state index contributed by atoms with van der Waals surface area (Å²) < 4.78 is 32.6. The van der Waals surface area contributed by atoms with Crippen molar-refractivity contribution >= 4 is 11.6 Å². The first-order chi connectivity index (χ1) is 11.0. The summed E-state index contributed by atoms with van der Waals surface area (Å²) in [6, 6.07) is 4.65. The molecule has 3 aromatic rings. The van der Waals surface area contributed by atoms with E-state index in [9.17, 15) is 8.78 Å². The number of aryl methyl sites for hydroxylation is 1. The summed E-state index contributed by atoms with van der Waals surface area (Å²) >= 11 is 5.75. The number of imidazole rings is 1. The van der Waals surface area contributed by atoms with E-state index in [0.717, 1.165) is 5.69 Å². The first-order valence-corrected chi connectivity index (χ1v) is 7.04. The minimum absolute atomic E-state index is 0.0145. The van der Waals surface area contributed by atoms with E-state index in [1.165, 1.54) is 16.8 Å². The van der Waals surface area contributed by atoms with Gasteiger partial charge in [-0.2, -0.15) is 0 Å². The van der Waals surface area contributed by atoms with Gasteiger partial charge in [-0.1, -0.05) is 16.8 Å². The van der Waals surface area contributed by atoms with Gasteiger partial charge in [0, 0.05) is 16.3 Å². The van der Waals surface area contributed by atoms with E-state index in [0.29, 0.717) is 17.4 Å². The lowest BCUT2D eigenvalue weighted by atomic mass is 10.2. The molecule has 2 heterocycles. The minimum atomic E-state index is -2.66. The molecule has 0 saturated heterocycles. The van der Waals surface area contributed by atoms with E-state index < -0.39 is 6.43 Å². The fourth-order valence-electron chi connectivity index (χ4n) is 1.94. The predicted molar refractivity (Wildman–Crippen MR) is 79.0 cm³/mol. The lowest BCUT2D eigenvalue weighted by Crippen LogP contribution is -1.98. The Kier molecular flexibility index (Phi) is 4.24. The summed E-state index contributed by atoms with van der Waals surface area (Å²) in [7, 11) is 0. The Morgan fingerprint density at radius 3 is 2.91 bits per heavy atom. The molecule has 0 aliphatic heterocycles. The number of alkyl halides is 2. The Balaban J connectivity index is 1.75. The summed E-state index contributed by atoms with van der Waals surface area (Å²) in [5, 5.41) is 7.85. The van der Waals surface area contributed by atoms with Crippen molar-refractivity contribution in [2.75, 3.05) is 0 Å². The molecule has 23 heavy (non-hydrogen) atoms. The van der Waals surface area contributed by atoms with Crippen LogP contribution in [0.1, 0.15) is 23.4 Å². The van der Waals surface area contributed by atoms with Crippen molar-refractivity contribution in [2.45, 2.75) is 20.0 Å². The first-order valence-electron chi connectivity index (χ1n) is 6.66. The maximum Gasteiger partial charge on any atom is 0.294 e. The van der Waals surface area contributed by atoms with E-state index in [4.69, 9.17) is 16.3 Å². The number of nitrogens with zero attached hydrogens (tertiary/aromatic N) is 4. The molecule has 0 unspecified atom stereocenters. The van der Waals surface area contributed by atoms with Crippen LogP contribution in [0.15, 0.2) is 30.6 Å². The summed E-state index contributed by atoms with van der Waals surface area (Å²) in [6.45, 7) is 2.01. The zero-order valence-electron chi connectivity index (χ0n) is 12.0. The minimum Gasteiger partial charge on any atom is -0.458 e. The third-order valence-corrected chi connectivity index (χ3v) is 3.40. The number of rotatable bonds is 5. The number of ether oxygens (including phenoxy) is 1. The molecule has 0 fully saturated rings. The van der Waals surface area contributed by atoms with Crippen LogP contribution in [0.3, 0.4) is 0 Å². The topological polar surface area (TPSA) is 68.6 Å². The maximum atomic E-state index is 12.9. The zero-order chi connectivity index (χ0) is 16.4. The molecule has 0 spiro atoms. The molecule has 1 N–H and O–H groups in total. The van der Waals surface area contributed by atoms with Gasteiger partial charge in [-0.15, -0.1) is 5.10 Å². The quantitative estimate of drug-likeness (QED) is 0.772. The normalized spacial score (nSPS) is 11.2. The zero-order valence-corrected chi connectivity index (χ0v) is 12.8. The first kappa shape index (κ1) is 15.4. The Hall–Kier alpha value is -2.48. The smallest absolute Gasteiger partial charge is 0.294 e. The van der Waals surface area contributed by atoms with Gasteiger partial charge >= 0.3 is 0 Å². The van der Waals surface area contributed by atoms with E-state index >= 15 is 0 Å². The molecule has 120 valence electrons. The highest BCUT2D eigenvalue weighted by Crippen LogP contribution is 2.28. The van der Waals surface area contributed by atoms with Gasteiger partial charge in [-0.3, -0.25) is 0 Å². The highest BCUT2D eigenvalue weighted by molar-refractivity contribution is 6.31. The van der Waals surface area contributed by atoms with E-state index in [1.807, 2.05) is 6.92 Å². The number of nitrogens with one attached hydrogen (secondary N) is 1. The van der Waals surface area contributed by atoms with Crippen molar-refractivity contribution in [3.8, 4) is 11.7 Å². The molecule has 2 aromatic heterocycles. The molecule has 0 aliphatic carbocycles. The second-order valence-electron chi connectivity index (χ2n) is 4.82. The summed E-state index contributed by atoms with van der Waals surface area (Å²) in [6.07, 6.45) is 0.580. The highest BCUT2D eigenvalue weighted by Gasteiger charge is 2.14. The number of halogens is 3. The van der Waals surface area contributed by atoms with Crippen LogP contribution >= 0.6 is 11.6 Å². The van der Waals surface area contributed by atoms with E-state index in [2.05, 4.69) is 20.3 Å². The Bertz CT molecular complexity index is 817. The van der Waals surface area contributed by atoms with Gasteiger partial charge in [0.1, 0.15) is 12.3 Å². The van der Waals surface area contributed by atoms with Crippen molar-refractivity contribution in [1.82, 2.24) is 25.0 Å². The molecule has 3 rings (SSSR count). The second-order valence-corrected chi connectivity index (χ2v) is 5.23. The Morgan fingerprint density at radius 2 is 2.22 bits per heavy atom. The van der Waals surface area contributed by atoms with Crippen LogP contribution in [0, 0.1) is 6.92 Å². The largest absolute Gasteiger partial charge is 0.458 e. The maximum absolute atomic E-state index is 12.9. The molecular formula is C14H12ClF2N5O. The van der Waals surface area contributed by atoms with Gasteiger partial charge in [0.25, 0.3) is 12.4 Å². The van der Waals surface area contributed by atoms with Gasteiger partial charge in [0.15, 0.2) is 0 Å². The molecule has 0 saturated carbocycles. The molecule has 0 radical (unpaired) electrons. The van der Waals surface area contributed by atoms with Crippen LogP contribution in [-0.4, -0.2) is 25.0 Å². The molecule has 1 aromatic carbocycles. The summed E-state index contributed by atoms with van der Waals surface area (Å²) in [5.74, 6) is 0. The predicted octanol–water partition coefficient (Wildman–Crippen LogP) is 3.47. The van der Waals surface area contributed by atoms with Crippen molar-refractivity contribution < 1.29 is 13.5 Å². The summed E-state index contributed by atoms with van der Waals surface area (Å²) in [4.78, 5) is 6.93. The fourth-order valence-corrected chi connectivity index (χ4v) is 2.14. The van der Waals surface area contributed by atoms with Gasteiger partial charge < -0.3 is 9.72 Å². The number of hydrogen-bond acceptors (Lipinski definition) is 4. The monoisotopic (exact) mass is 339 g/mol. The number of hydrogen-bond donors (Lipinski definition) is 1. The molecule has 6 nitrogen and oxygen atoms in total.